The molecule has 4 unspecified atom stereocenters. The van der Waals surface area contributed by atoms with E-state index in [0.29, 0.717) is 6.54 Å². The van der Waals surface area contributed by atoms with Crippen LogP contribution in [-0.4, -0.2) is 46.2 Å². The number of nitrogens with zero attached hydrogens (tertiary/aromatic N) is 1. The van der Waals surface area contributed by atoms with E-state index in [1.807, 2.05) is 30.3 Å². The van der Waals surface area contributed by atoms with Crippen molar-refractivity contribution in [3.8, 4) is 0 Å². The number of likely N-dealkylation sites (tertiary alicyclic amines) is 1. The first-order chi connectivity index (χ1) is 11.7. The maximum absolute atomic E-state index is 13.9. The zero-order valence-corrected chi connectivity index (χ0v) is 14.6. The number of esters is 1. The van der Waals surface area contributed by atoms with Crippen molar-refractivity contribution < 1.29 is 23.4 Å². The van der Waals surface area contributed by atoms with E-state index in [-0.39, 0.29) is 37.8 Å². The Labute approximate surface area is 146 Å². The van der Waals surface area contributed by atoms with Crippen molar-refractivity contribution in [2.24, 2.45) is 5.92 Å². The van der Waals surface area contributed by atoms with Crippen LogP contribution in [0.15, 0.2) is 30.3 Å². The Hall–Kier alpha value is -1.53. The average Bonchev–Trinajstić information content (AvgIpc) is 2.51. The summed E-state index contributed by atoms with van der Waals surface area (Å²) in [4.78, 5) is 13.4. The highest BCUT2D eigenvalue weighted by Crippen LogP contribution is 2.58. The summed E-state index contributed by atoms with van der Waals surface area (Å²) in [5, 5.41) is 10.6. The molecule has 1 aliphatic heterocycles. The van der Waals surface area contributed by atoms with Gasteiger partial charge in [-0.3, -0.25) is 9.69 Å². The number of benzene rings is 1. The number of rotatable bonds is 7. The molecule has 4 nitrogen and oxygen atoms in total. The largest absolute Gasteiger partial charge is 0.466 e. The minimum Gasteiger partial charge on any atom is -0.466 e. The Morgan fingerprint density at radius 2 is 2.08 bits per heavy atom. The maximum atomic E-state index is 13.9. The van der Waals surface area contributed by atoms with E-state index in [4.69, 9.17) is 4.74 Å². The predicted molar refractivity (Wildman–Crippen MR) is 89.1 cm³/mol. The van der Waals surface area contributed by atoms with Crippen molar-refractivity contribution in [3.05, 3.63) is 35.9 Å². The molecule has 1 aromatic carbocycles. The number of carbonyl (C=O) groups excluding carboxylic acids is 1. The summed E-state index contributed by atoms with van der Waals surface area (Å²) in [6.45, 7) is 3.98. The number of ether oxygens (including phenoxy) is 1. The summed E-state index contributed by atoms with van der Waals surface area (Å²) >= 11 is 0. The van der Waals surface area contributed by atoms with Crippen molar-refractivity contribution in [1.82, 2.24) is 4.90 Å². The molecule has 2 aliphatic rings. The second-order valence-corrected chi connectivity index (χ2v) is 7.48. The minimum absolute atomic E-state index is 0.118. The van der Waals surface area contributed by atoms with Crippen LogP contribution >= 0.6 is 0 Å². The lowest BCUT2D eigenvalue weighted by atomic mass is 9.60. The predicted octanol–water partition coefficient (Wildman–Crippen LogP) is 2.99. The lowest BCUT2D eigenvalue weighted by molar-refractivity contribution is -0.286. The molecule has 1 heterocycles. The van der Waals surface area contributed by atoms with Gasteiger partial charge in [0, 0.05) is 24.9 Å². The number of carbonyl (C=O) groups is 1. The van der Waals surface area contributed by atoms with Crippen molar-refractivity contribution in [3.63, 3.8) is 0 Å². The van der Waals surface area contributed by atoms with Crippen molar-refractivity contribution in [2.75, 3.05) is 6.61 Å². The number of hydrogen-bond acceptors (Lipinski definition) is 4. The Balaban J connectivity index is 1.68. The fourth-order valence-corrected chi connectivity index (χ4v) is 4.21. The number of alkyl halides is 2. The molecule has 1 saturated heterocycles. The smallest absolute Gasteiger partial charge is 0.308 e. The molecule has 6 heteroatoms. The molecule has 0 spiro atoms. The molecular formula is C19H25F2NO3. The number of fused-ring (bicyclic) bond motifs is 1. The van der Waals surface area contributed by atoms with E-state index in [0.717, 1.165) is 5.56 Å². The third kappa shape index (κ3) is 3.70. The second kappa shape index (κ2) is 6.65. The van der Waals surface area contributed by atoms with E-state index < -0.39 is 23.5 Å². The Morgan fingerprint density at radius 1 is 1.40 bits per heavy atom. The highest BCUT2D eigenvalue weighted by atomic mass is 19.3. The maximum Gasteiger partial charge on any atom is 0.308 e. The Kier molecular flexibility index (Phi) is 4.86. The van der Waals surface area contributed by atoms with Crippen LogP contribution in [0.3, 0.4) is 0 Å². The fraction of sp³-hybridized carbons (Fsp3) is 0.632. The molecule has 0 radical (unpaired) electrons. The molecule has 1 aromatic rings. The topological polar surface area (TPSA) is 49.8 Å². The van der Waals surface area contributed by atoms with E-state index in [2.05, 4.69) is 0 Å². The quantitative estimate of drug-likeness (QED) is 0.766. The van der Waals surface area contributed by atoms with Crippen LogP contribution in [0.5, 0.6) is 0 Å². The normalized spacial score (nSPS) is 29.7. The average molecular weight is 353 g/mol. The third-order valence-corrected chi connectivity index (χ3v) is 5.31. The van der Waals surface area contributed by atoms with Gasteiger partial charge in [0.05, 0.1) is 24.7 Å². The van der Waals surface area contributed by atoms with Crippen LogP contribution < -0.4 is 0 Å². The molecule has 1 saturated carbocycles. The van der Waals surface area contributed by atoms with Gasteiger partial charge in [0.15, 0.2) is 0 Å². The Morgan fingerprint density at radius 3 is 2.68 bits per heavy atom. The first-order valence-corrected chi connectivity index (χ1v) is 8.79. The third-order valence-electron chi connectivity index (χ3n) is 5.31. The van der Waals surface area contributed by atoms with Gasteiger partial charge in [-0.15, -0.1) is 0 Å². The highest BCUT2D eigenvalue weighted by molar-refractivity contribution is 5.70. The van der Waals surface area contributed by atoms with Crippen LogP contribution in [0.4, 0.5) is 8.78 Å². The van der Waals surface area contributed by atoms with Gasteiger partial charge < -0.3 is 9.84 Å². The van der Waals surface area contributed by atoms with Gasteiger partial charge in [0.1, 0.15) is 0 Å². The molecule has 3 rings (SSSR count). The zero-order chi connectivity index (χ0) is 18.2. The number of piperidine rings is 1. The lowest BCUT2D eigenvalue weighted by Crippen LogP contribution is -2.78. The summed E-state index contributed by atoms with van der Waals surface area (Å²) < 4.78 is 32.7. The van der Waals surface area contributed by atoms with Crippen LogP contribution in [0.25, 0.3) is 0 Å². The molecule has 0 bridgehead atoms. The van der Waals surface area contributed by atoms with E-state index in [1.165, 1.54) is 0 Å². The molecule has 4 atom stereocenters. The first kappa shape index (κ1) is 18.3. The molecule has 138 valence electrons. The number of halogens is 2. The summed E-state index contributed by atoms with van der Waals surface area (Å²) in [6.07, 6.45) is 0.0311. The van der Waals surface area contributed by atoms with Crippen molar-refractivity contribution in [1.29, 1.82) is 0 Å². The van der Waals surface area contributed by atoms with Gasteiger partial charge in [0.2, 0.25) is 0 Å². The van der Waals surface area contributed by atoms with Gasteiger partial charge >= 0.3 is 5.97 Å². The van der Waals surface area contributed by atoms with E-state index in [9.17, 15) is 18.7 Å². The standard InChI is InChI=1S/C19H25F2NO3/c1-3-25-16(23)11-18(2,24)10-15-14-9-19(20,21)17(14)22(15)12-13-7-5-4-6-8-13/h4-8,14-15,17,24H,3,9-12H2,1-2H3. The molecule has 0 amide bonds. The highest BCUT2D eigenvalue weighted by Gasteiger charge is 2.69. The fourth-order valence-electron chi connectivity index (χ4n) is 4.21. The molecular weight excluding hydrogens is 328 g/mol. The minimum atomic E-state index is -2.66. The van der Waals surface area contributed by atoms with Gasteiger partial charge in [-0.05, 0) is 25.8 Å². The number of hydrogen-bond donors (Lipinski definition) is 1. The van der Waals surface area contributed by atoms with Crippen LogP contribution in [-0.2, 0) is 16.1 Å². The molecule has 0 aromatic heterocycles. The summed E-state index contributed by atoms with van der Waals surface area (Å²) in [7, 11) is 0. The molecule has 2 fully saturated rings. The molecule has 1 aliphatic carbocycles. The van der Waals surface area contributed by atoms with Crippen molar-refractivity contribution >= 4 is 5.97 Å². The van der Waals surface area contributed by atoms with E-state index in [1.54, 1.807) is 18.7 Å². The first-order valence-electron chi connectivity index (χ1n) is 8.79. The van der Waals surface area contributed by atoms with Crippen LogP contribution in [0, 0.1) is 5.92 Å². The second-order valence-electron chi connectivity index (χ2n) is 7.48. The van der Waals surface area contributed by atoms with E-state index >= 15 is 0 Å². The van der Waals surface area contributed by atoms with Gasteiger partial charge in [0.25, 0.3) is 5.92 Å². The van der Waals surface area contributed by atoms with Gasteiger partial charge in [-0.1, -0.05) is 30.3 Å². The van der Waals surface area contributed by atoms with Gasteiger partial charge in [-0.2, -0.15) is 0 Å². The van der Waals surface area contributed by atoms with Crippen molar-refractivity contribution in [2.45, 2.75) is 63.3 Å². The monoisotopic (exact) mass is 353 g/mol. The Bertz CT molecular complexity index is 620. The zero-order valence-electron chi connectivity index (χ0n) is 14.6. The molecule has 25 heavy (non-hydrogen) atoms. The van der Waals surface area contributed by atoms with Gasteiger partial charge in [-0.25, -0.2) is 8.78 Å². The van der Waals surface area contributed by atoms with Crippen LogP contribution in [0.1, 0.15) is 38.7 Å². The van der Waals surface area contributed by atoms with Crippen LogP contribution in [0.2, 0.25) is 0 Å². The lowest BCUT2D eigenvalue weighted by Gasteiger charge is -2.66. The molecule has 1 N–H and O–H groups in total. The summed E-state index contributed by atoms with van der Waals surface area (Å²) in [6, 6.07) is 8.59. The summed E-state index contributed by atoms with van der Waals surface area (Å²) in [5.74, 6) is -3.24. The SMILES string of the molecule is CCOC(=O)CC(C)(O)CC1C2CC(F)(F)C2N1Cc1ccccc1. The number of aliphatic hydroxyl groups is 1. The summed E-state index contributed by atoms with van der Waals surface area (Å²) in [5.41, 5.74) is -0.291.